The summed E-state index contributed by atoms with van der Waals surface area (Å²) in [4.78, 5) is 39.6. The standard InChI is InChI=1S/C28H22ClN3O3/c1-17-7-3-4-8-19(17)15-31-16-20(22-9-5-6-10-25(22)31)13-23-26(33)30-28(35)32(27(23)34)21-12-11-18(2)24(29)14-21/h3-14,16H,15H2,1-2H3,(H,30,33,35). The summed E-state index contributed by atoms with van der Waals surface area (Å²) in [6.45, 7) is 4.53. The Morgan fingerprint density at radius 1 is 0.914 bits per heavy atom. The van der Waals surface area contributed by atoms with Crippen LogP contribution in [-0.4, -0.2) is 22.4 Å². The maximum atomic E-state index is 13.4. The topological polar surface area (TPSA) is 71.4 Å². The summed E-state index contributed by atoms with van der Waals surface area (Å²) >= 11 is 6.21. The van der Waals surface area contributed by atoms with Gasteiger partial charge in [0.15, 0.2) is 0 Å². The van der Waals surface area contributed by atoms with Crippen LogP contribution < -0.4 is 10.2 Å². The highest BCUT2D eigenvalue weighted by Crippen LogP contribution is 2.29. The number of urea groups is 1. The summed E-state index contributed by atoms with van der Waals surface area (Å²) < 4.78 is 2.10. The minimum atomic E-state index is -0.806. The van der Waals surface area contributed by atoms with E-state index in [0.717, 1.165) is 21.4 Å². The molecule has 1 N–H and O–H groups in total. The molecule has 0 spiro atoms. The van der Waals surface area contributed by atoms with Gasteiger partial charge in [-0.15, -0.1) is 0 Å². The number of aromatic nitrogens is 1. The number of benzene rings is 3. The number of nitrogens with zero attached hydrogens (tertiary/aromatic N) is 2. The third-order valence-corrected chi connectivity index (χ3v) is 6.64. The van der Waals surface area contributed by atoms with Crippen LogP contribution in [0.15, 0.2) is 78.5 Å². The molecule has 0 unspecified atom stereocenters. The smallest absolute Gasteiger partial charge is 0.335 e. The Balaban J connectivity index is 1.58. The molecule has 1 aliphatic rings. The molecule has 6 nitrogen and oxygen atoms in total. The van der Waals surface area contributed by atoms with Gasteiger partial charge in [-0.25, -0.2) is 9.69 Å². The highest BCUT2D eigenvalue weighted by molar-refractivity contribution is 6.39. The Labute approximate surface area is 207 Å². The van der Waals surface area contributed by atoms with Crippen LogP contribution in [0.4, 0.5) is 10.5 Å². The minimum absolute atomic E-state index is 0.125. The fraction of sp³-hybridized carbons (Fsp3) is 0.107. The van der Waals surface area contributed by atoms with Crippen molar-refractivity contribution in [2.45, 2.75) is 20.4 Å². The largest absolute Gasteiger partial charge is 0.342 e. The molecule has 0 radical (unpaired) electrons. The van der Waals surface area contributed by atoms with E-state index in [1.165, 1.54) is 17.2 Å². The Bertz CT molecular complexity index is 1550. The first-order valence-corrected chi connectivity index (χ1v) is 11.5. The highest BCUT2D eigenvalue weighted by atomic mass is 35.5. The summed E-state index contributed by atoms with van der Waals surface area (Å²) in [7, 11) is 0. The SMILES string of the molecule is Cc1ccc(N2C(=O)NC(=O)C(=Cc3cn(Cc4ccccc4C)c4ccccc34)C2=O)cc1Cl. The molecule has 5 rings (SSSR count). The van der Waals surface area contributed by atoms with E-state index in [9.17, 15) is 14.4 Å². The molecule has 4 aromatic rings. The van der Waals surface area contributed by atoms with Crippen molar-refractivity contribution in [1.82, 2.24) is 9.88 Å². The van der Waals surface area contributed by atoms with Crippen LogP contribution in [0.3, 0.4) is 0 Å². The Hall–Kier alpha value is -4.16. The maximum absolute atomic E-state index is 13.4. The molecule has 1 aromatic heterocycles. The van der Waals surface area contributed by atoms with Crippen molar-refractivity contribution in [1.29, 1.82) is 0 Å². The molecule has 174 valence electrons. The van der Waals surface area contributed by atoms with E-state index in [4.69, 9.17) is 11.6 Å². The van der Waals surface area contributed by atoms with Crippen LogP contribution in [0.2, 0.25) is 5.02 Å². The number of barbiturate groups is 1. The van der Waals surface area contributed by atoms with Gasteiger partial charge in [0.1, 0.15) is 5.57 Å². The van der Waals surface area contributed by atoms with Gasteiger partial charge in [0, 0.05) is 34.2 Å². The summed E-state index contributed by atoms with van der Waals surface area (Å²) in [5.41, 5.74) is 5.02. The number of fused-ring (bicyclic) bond motifs is 1. The van der Waals surface area contributed by atoms with E-state index < -0.39 is 17.8 Å². The monoisotopic (exact) mass is 483 g/mol. The van der Waals surface area contributed by atoms with E-state index >= 15 is 0 Å². The van der Waals surface area contributed by atoms with Gasteiger partial charge in [-0.1, -0.05) is 60.1 Å². The average Bonchev–Trinajstić information content (AvgIpc) is 3.17. The van der Waals surface area contributed by atoms with Gasteiger partial charge in [-0.2, -0.15) is 0 Å². The number of hydrogen-bond acceptors (Lipinski definition) is 3. The summed E-state index contributed by atoms with van der Waals surface area (Å²) in [6.07, 6.45) is 3.47. The molecule has 0 bridgehead atoms. The molecular weight excluding hydrogens is 462 g/mol. The number of carbonyl (C=O) groups is 3. The van der Waals surface area contributed by atoms with Crippen molar-refractivity contribution in [3.05, 3.63) is 106 Å². The lowest BCUT2D eigenvalue weighted by Crippen LogP contribution is -2.54. The predicted molar refractivity (Wildman–Crippen MR) is 137 cm³/mol. The number of anilines is 1. The van der Waals surface area contributed by atoms with Crippen molar-refractivity contribution in [3.63, 3.8) is 0 Å². The van der Waals surface area contributed by atoms with E-state index in [1.807, 2.05) is 49.5 Å². The molecule has 1 saturated heterocycles. The van der Waals surface area contributed by atoms with Crippen molar-refractivity contribution in [3.8, 4) is 0 Å². The molecule has 1 aliphatic heterocycles. The quantitative estimate of drug-likeness (QED) is 0.302. The molecule has 0 saturated carbocycles. The number of amides is 4. The van der Waals surface area contributed by atoms with Crippen LogP contribution in [0.5, 0.6) is 0 Å². The molecule has 0 atom stereocenters. The Morgan fingerprint density at radius 3 is 2.43 bits per heavy atom. The van der Waals surface area contributed by atoms with E-state index in [2.05, 4.69) is 28.9 Å². The molecule has 0 aliphatic carbocycles. The van der Waals surface area contributed by atoms with Crippen molar-refractivity contribution in [2.24, 2.45) is 0 Å². The number of hydrogen-bond donors (Lipinski definition) is 1. The maximum Gasteiger partial charge on any atom is 0.335 e. The first kappa shape index (κ1) is 22.6. The lowest BCUT2D eigenvalue weighted by molar-refractivity contribution is -0.122. The van der Waals surface area contributed by atoms with Gasteiger partial charge in [-0.05, 0) is 54.8 Å². The van der Waals surface area contributed by atoms with Crippen LogP contribution in [0, 0.1) is 13.8 Å². The van der Waals surface area contributed by atoms with Gasteiger partial charge >= 0.3 is 6.03 Å². The molecule has 1 fully saturated rings. The number of aryl methyl sites for hydroxylation is 2. The van der Waals surface area contributed by atoms with Gasteiger partial charge < -0.3 is 4.57 Å². The first-order valence-electron chi connectivity index (χ1n) is 11.1. The third-order valence-electron chi connectivity index (χ3n) is 6.24. The third kappa shape index (κ3) is 4.13. The second-order valence-corrected chi connectivity index (χ2v) is 8.95. The van der Waals surface area contributed by atoms with Gasteiger partial charge in [-0.3, -0.25) is 14.9 Å². The lowest BCUT2D eigenvalue weighted by atomic mass is 10.1. The number of rotatable bonds is 4. The number of para-hydroxylation sites is 1. The van der Waals surface area contributed by atoms with E-state index in [-0.39, 0.29) is 5.57 Å². The Kier molecular flexibility index (Phi) is 5.75. The minimum Gasteiger partial charge on any atom is -0.342 e. The molecule has 3 aromatic carbocycles. The first-order chi connectivity index (χ1) is 16.8. The molecular formula is C28H22ClN3O3. The van der Waals surface area contributed by atoms with Gasteiger partial charge in [0.05, 0.1) is 5.69 Å². The van der Waals surface area contributed by atoms with Crippen molar-refractivity contribution >= 4 is 52.1 Å². The highest BCUT2D eigenvalue weighted by Gasteiger charge is 2.37. The van der Waals surface area contributed by atoms with Crippen LogP contribution in [0.25, 0.3) is 17.0 Å². The van der Waals surface area contributed by atoms with Crippen LogP contribution in [0.1, 0.15) is 22.3 Å². The number of carbonyl (C=O) groups excluding carboxylic acids is 3. The predicted octanol–water partition coefficient (Wildman–Crippen LogP) is 5.63. The number of halogens is 1. The molecule has 7 heteroatoms. The van der Waals surface area contributed by atoms with E-state index in [0.29, 0.717) is 22.8 Å². The van der Waals surface area contributed by atoms with Crippen LogP contribution in [-0.2, 0) is 16.1 Å². The van der Waals surface area contributed by atoms with Gasteiger partial charge in [0.2, 0.25) is 0 Å². The lowest BCUT2D eigenvalue weighted by Gasteiger charge is -2.26. The van der Waals surface area contributed by atoms with Crippen LogP contribution >= 0.6 is 11.6 Å². The number of imide groups is 2. The number of nitrogens with one attached hydrogen (secondary N) is 1. The Morgan fingerprint density at radius 2 is 1.66 bits per heavy atom. The molecule has 4 amide bonds. The molecule has 2 heterocycles. The molecule has 35 heavy (non-hydrogen) atoms. The average molecular weight is 484 g/mol. The van der Waals surface area contributed by atoms with E-state index in [1.54, 1.807) is 18.2 Å². The normalized spacial score (nSPS) is 15.2. The fourth-order valence-corrected chi connectivity index (χ4v) is 4.44. The van der Waals surface area contributed by atoms with Gasteiger partial charge in [0.25, 0.3) is 11.8 Å². The van der Waals surface area contributed by atoms with Crippen molar-refractivity contribution < 1.29 is 14.4 Å². The second kappa shape index (κ2) is 8.89. The summed E-state index contributed by atoms with van der Waals surface area (Å²) in [5, 5.41) is 3.59. The zero-order valence-electron chi connectivity index (χ0n) is 19.2. The second-order valence-electron chi connectivity index (χ2n) is 8.55. The zero-order chi connectivity index (χ0) is 24.7. The fourth-order valence-electron chi connectivity index (χ4n) is 4.26. The zero-order valence-corrected chi connectivity index (χ0v) is 20.0. The van der Waals surface area contributed by atoms with Crippen molar-refractivity contribution in [2.75, 3.05) is 4.90 Å². The summed E-state index contributed by atoms with van der Waals surface area (Å²) in [6, 6.07) is 20.0. The summed E-state index contributed by atoms with van der Waals surface area (Å²) in [5.74, 6) is -1.43.